The Hall–Kier alpha value is -1.36. The van der Waals surface area contributed by atoms with E-state index in [1.807, 2.05) is 50.2 Å². The monoisotopic (exact) mass is 590 g/mol. The number of carboxylic acid groups (broad SMARTS) is 2. The summed E-state index contributed by atoms with van der Waals surface area (Å²) in [6, 6.07) is 15.9. The van der Waals surface area contributed by atoms with Crippen molar-refractivity contribution in [1.29, 1.82) is 0 Å². The Morgan fingerprint density at radius 3 is 1.02 bits per heavy atom. The molecule has 2 aromatic carbocycles. The molecular weight excluding hydrogens is 536 g/mol. The van der Waals surface area contributed by atoms with Crippen LogP contribution in [0.3, 0.4) is 0 Å². The summed E-state index contributed by atoms with van der Waals surface area (Å²) in [5, 5.41) is 23.9. The van der Waals surface area contributed by atoms with Crippen molar-refractivity contribution in [3.05, 3.63) is 70.8 Å². The Labute approximate surface area is 280 Å². The number of aliphatic carboxylic acids is 2. The molecule has 2 aromatic rings. The van der Waals surface area contributed by atoms with Gasteiger partial charge < -0.3 is 19.8 Å². The molecule has 0 fully saturated rings. The van der Waals surface area contributed by atoms with E-state index in [0.717, 1.165) is 47.9 Å². The van der Waals surface area contributed by atoms with Gasteiger partial charge >= 0.3 is 37.7 Å². The minimum atomic E-state index is -0.940. The fourth-order valence-corrected chi connectivity index (χ4v) is 5.78. The molecule has 0 aliphatic rings. The van der Waals surface area contributed by atoms with Crippen LogP contribution < -0.4 is 10.2 Å². The SMILES string of the molecule is CCCCC(CC)(C(=O)[O-])c1ccccc1C(C)(C)C.CCCCC(CC)(C(=O)[O-])c1ccccc1C(C)(C)C.[Ca+2]. The maximum atomic E-state index is 11.9. The van der Waals surface area contributed by atoms with Crippen molar-refractivity contribution in [2.45, 2.75) is 142 Å². The van der Waals surface area contributed by atoms with Crippen molar-refractivity contribution in [2.75, 3.05) is 0 Å². The Morgan fingerprint density at radius 1 is 0.561 bits per heavy atom. The van der Waals surface area contributed by atoms with Crippen molar-refractivity contribution in [1.82, 2.24) is 0 Å². The van der Waals surface area contributed by atoms with Crippen LogP contribution in [-0.4, -0.2) is 49.7 Å². The number of carbonyl (C=O) groups is 2. The van der Waals surface area contributed by atoms with E-state index in [0.29, 0.717) is 25.7 Å². The maximum Gasteiger partial charge on any atom is 2.00 e. The molecule has 0 aliphatic carbocycles. The summed E-state index contributed by atoms with van der Waals surface area (Å²) in [6.07, 6.45) is 6.23. The van der Waals surface area contributed by atoms with Crippen LogP contribution in [0.1, 0.15) is 143 Å². The molecule has 0 saturated carbocycles. The van der Waals surface area contributed by atoms with Crippen molar-refractivity contribution in [3.8, 4) is 0 Å². The smallest absolute Gasteiger partial charge is 0.549 e. The average molecular weight is 591 g/mol. The van der Waals surface area contributed by atoms with E-state index in [2.05, 4.69) is 67.5 Å². The third-order valence-corrected chi connectivity index (χ3v) is 8.40. The molecule has 0 spiro atoms. The molecule has 4 nitrogen and oxygen atoms in total. The summed E-state index contributed by atoms with van der Waals surface area (Å²) in [6.45, 7) is 20.8. The van der Waals surface area contributed by atoms with E-state index < -0.39 is 22.8 Å². The molecule has 2 unspecified atom stereocenters. The second kappa shape index (κ2) is 17.1. The van der Waals surface area contributed by atoms with Crippen molar-refractivity contribution in [3.63, 3.8) is 0 Å². The molecule has 0 aliphatic heterocycles. The minimum absolute atomic E-state index is 0. The van der Waals surface area contributed by atoms with Gasteiger partial charge in [0.15, 0.2) is 0 Å². The Bertz CT molecular complexity index is 1010. The van der Waals surface area contributed by atoms with Gasteiger partial charge in [0.25, 0.3) is 0 Å². The van der Waals surface area contributed by atoms with E-state index in [-0.39, 0.29) is 48.6 Å². The zero-order chi connectivity index (χ0) is 30.8. The summed E-state index contributed by atoms with van der Waals surface area (Å²) in [4.78, 5) is 23.9. The van der Waals surface area contributed by atoms with E-state index in [1.165, 1.54) is 0 Å². The molecule has 0 bridgehead atoms. The molecule has 2 atom stereocenters. The van der Waals surface area contributed by atoms with Gasteiger partial charge in [0.1, 0.15) is 0 Å². The molecule has 224 valence electrons. The molecule has 0 heterocycles. The van der Waals surface area contributed by atoms with Gasteiger partial charge in [-0.1, -0.05) is 143 Å². The molecule has 41 heavy (non-hydrogen) atoms. The molecular formula is C36H54CaO4. The maximum absolute atomic E-state index is 11.9. The first-order valence-electron chi connectivity index (χ1n) is 15.2. The standard InChI is InChI=1S/2C18H28O2.Ca/c2*1-6-8-13-18(7-2,16(19)20)15-12-10-9-11-14(15)17(3,4)5;/h2*9-12H,6-8,13H2,1-5H3,(H,19,20);/q;;+2/p-2. The van der Waals surface area contributed by atoms with E-state index in [1.54, 1.807) is 0 Å². The van der Waals surface area contributed by atoms with Gasteiger partial charge in [-0.05, 0) is 58.8 Å². The number of hydrogen-bond acceptors (Lipinski definition) is 4. The third-order valence-electron chi connectivity index (χ3n) is 8.40. The molecule has 0 saturated heterocycles. The zero-order valence-corrected chi connectivity index (χ0v) is 29.8. The van der Waals surface area contributed by atoms with Crippen LogP contribution >= 0.6 is 0 Å². The fraction of sp³-hybridized carbons (Fsp3) is 0.611. The first-order valence-corrected chi connectivity index (χ1v) is 15.2. The van der Waals surface area contributed by atoms with Crippen LogP contribution in [0.15, 0.2) is 48.5 Å². The Morgan fingerprint density at radius 2 is 0.829 bits per heavy atom. The molecule has 2 rings (SSSR count). The number of hydrogen-bond donors (Lipinski definition) is 0. The molecule has 5 heteroatoms. The number of unbranched alkanes of at least 4 members (excludes halogenated alkanes) is 2. The zero-order valence-electron chi connectivity index (χ0n) is 27.6. The van der Waals surface area contributed by atoms with E-state index >= 15 is 0 Å². The van der Waals surface area contributed by atoms with Gasteiger partial charge in [0.2, 0.25) is 0 Å². The number of carbonyl (C=O) groups excluding carboxylic acids is 2. The normalized spacial score (nSPS) is 14.5. The summed E-state index contributed by atoms with van der Waals surface area (Å²) < 4.78 is 0. The van der Waals surface area contributed by atoms with Gasteiger partial charge in [0, 0.05) is 10.8 Å². The number of benzene rings is 2. The van der Waals surface area contributed by atoms with Crippen LogP contribution in [0.4, 0.5) is 0 Å². The minimum Gasteiger partial charge on any atom is -0.549 e. The van der Waals surface area contributed by atoms with Crippen molar-refractivity contribution in [2.24, 2.45) is 0 Å². The largest absolute Gasteiger partial charge is 2.00 e. The van der Waals surface area contributed by atoms with Gasteiger partial charge in [-0.15, -0.1) is 0 Å². The predicted molar refractivity (Wildman–Crippen MR) is 169 cm³/mol. The summed E-state index contributed by atoms with van der Waals surface area (Å²) in [7, 11) is 0. The second-order valence-corrected chi connectivity index (χ2v) is 13.2. The Balaban J connectivity index is 0.000000762. The van der Waals surface area contributed by atoms with Crippen LogP contribution in [0.5, 0.6) is 0 Å². The predicted octanol–water partition coefficient (Wildman–Crippen LogP) is 6.76. The van der Waals surface area contributed by atoms with Crippen LogP contribution in [-0.2, 0) is 31.2 Å². The summed E-state index contributed by atoms with van der Waals surface area (Å²) >= 11 is 0. The fourth-order valence-electron chi connectivity index (χ4n) is 5.78. The van der Waals surface area contributed by atoms with E-state index in [4.69, 9.17) is 0 Å². The quantitative estimate of drug-likeness (QED) is 0.256. The van der Waals surface area contributed by atoms with E-state index in [9.17, 15) is 19.8 Å². The van der Waals surface area contributed by atoms with Crippen LogP contribution in [0, 0.1) is 0 Å². The van der Waals surface area contributed by atoms with Gasteiger partial charge in [-0.25, -0.2) is 0 Å². The van der Waals surface area contributed by atoms with Gasteiger partial charge in [0.05, 0.1) is 11.9 Å². The Kier molecular flexibility index (Phi) is 16.5. The second-order valence-electron chi connectivity index (χ2n) is 13.2. The molecule has 0 N–H and O–H groups in total. The number of carboxylic acids is 2. The molecule has 0 aromatic heterocycles. The van der Waals surface area contributed by atoms with Crippen molar-refractivity contribution >= 4 is 49.7 Å². The summed E-state index contributed by atoms with van der Waals surface area (Å²) in [5.41, 5.74) is 2.23. The topological polar surface area (TPSA) is 80.3 Å². The molecule has 0 radical (unpaired) electrons. The van der Waals surface area contributed by atoms with Crippen LogP contribution in [0.25, 0.3) is 0 Å². The molecule has 0 amide bonds. The van der Waals surface area contributed by atoms with Gasteiger partial charge in [-0.3, -0.25) is 0 Å². The third kappa shape index (κ3) is 9.83. The van der Waals surface area contributed by atoms with Gasteiger partial charge in [-0.2, -0.15) is 0 Å². The first-order chi connectivity index (χ1) is 18.6. The summed E-state index contributed by atoms with van der Waals surface area (Å²) in [5.74, 6) is -1.88. The first kappa shape index (κ1) is 39.6. The van der Waals surface area contributed by atoms with Crippen molar-refractivity contribution < 1.29 is 19.8 Å². The number of rotatable bonds is 12. The van der Waals surface area contributed by atoms with Crippen LogP contribution in [0.2, 0.25) is 0 Å². The average Bonchev–Trinajstić information content (AvgIpc) is 2.89.